The topological polar surface area (TPSA) is 35.5 Å². The fraction of sp³-hybridized carbons (Fsp3) is 0.320. The molecule has 0 N–H and O–H groups in total. The molecular formula is C25H27BrO3. The molecule has 0 radical (unpaired) electrons. The third-order valence-corrected chi connectivity index (χ3v) is 5.20. The number of benzene rings is 2. The van der Waals surface area contributed by atoms with E-state index in [9.17, 15) is 4.79 Å². The lowest BCUT2D eigenvalue weighted by Gasteiger charge is -2.11. The van der Waals surface area contributed by atoms with Gasteiger partial charge in [0.25, 0.3) is 0 Å². The van der Waals surface area contributed by atoms with Gasteiger partial charge in [0.15, 0.2) is 0 Å². The second-order valence-corrected chi connectivity index (χ2v) is 7.31. The quantitative estimate of drug-likeness (QED) is 0.342. The molecule has 2 rings (SSSR count). The number of esters is 1. The Labute approximate surface area is 181 Å². The minimum Gasteiger partial charge on any atom is -0.492 e. The van der Waals surface area contributed by atoms with Gasteiger partial charge in [-0.1, -0.05) is 78.0 Å². The molecule has 0 aliphatic heterocycles. The molecule has 0 saturated carbocycles. The van der Waals surface area contributed by atoms with Gasteiger partial charge in [0.2, 0.25) is 0 Å². The van der Waals surface area contributed by atoms with Gasteiger partial charge < -0.3 is 9.47 Å². The predicted molar refractivity (Wildman–Crippen MR) is 123 cm³/mol. The van der Waals surface area contributed by atoms with E-state index in [0.717, 1.165) is 39.9 Å². The van der Waals surface area contributed by atoms with Crippen LogP contribution >= 0.6 is 15.9 Å². The van der Waals surface area contributed by atoms with Crippen molar-refractivity contribution in [1.29, 1.82) is 0 Å². The molecular weight excluding hydrogens is 428 g/mol. The Hall–Kier alpha value is -2.51. The fourth-order valence-electron chi connectivity index (χ4n) is 2.70. The van der Waals surface area contributed by atoms with E-state index in [1.54, 1.807) is 12.1 Å². The van der Waals surface area contributed by atoms with Crippen LogP contribution in [0.5, 0.6) is 5.75 Å². The number of carbonyl (C=O) groups is 1. The lowest BCUT2D eigenvalue weighted by atomic mass is 10.1. The molecule has 2 aromatic carbocycles. The van der Waals surface area contributed by atoms with Gasteiger partial charge >= 0.3 is 5.97 Å². The molecule has 1 atom stereocenters. The van der Waals surface area contributed by atoms with Gasteiger partial charge in [-0.05, 0) is 35.4 Å². The second-order valence-electron chi connectivity index (χ2n) is 6.67. The first-order chi connectivity index (χ1) is 14.1. The largest absolute Gasteiger partial charge is 0.492 e. The molecule has 4 heteroatoms. The van der Waals surface area contributed by atoms with Crippen molar-refractivity contribution < 1.29 is 14.3 Å². The molecule has 29 heavy (non-hydrogen) atoms. The lowest BCUT2D eigenvalue weighted by molar-refractivity contribution is 0.0600. The van der Waals surface area contributed by atoms with E-state index >= 15 is 0 Å². The molecule has 0 bridgehead atoms. The van der Waals surface area contributed by atoms with Crippen molar-refractivity contribution in [3.63, 3.8) is 0 Å². The predicted octanol–water partition coefficient (Wildman–Crippen LogP) is 4.10. The average molecular weight is 455 g/mol. The van der Waals surface area contributed by atoms with Crippen LogP contribution in [-0.2, 0) is 11.2 Å². The summed E-state index contributed by atoms with van der Waals surface area (Å²) in [5.74, 6) is 7.02. The molecule has 3 nitrogen and oxygen atoms in total. The number of alkyl halides is 1. The van der Waals surface area contributed by atoms with Crippen LogP contribution in [-0.4, -0.2) is 25.0 Å². The first kappa shape index (κ1) is 22.8. The Kier molecular flexibility index (Phi) is 9.53. The summed E-state index contributed by atoms with van der Waals surface area (Å²) in [6.07, 6.45) is 4.95. The maximum atomic E-state index is 11.5. The molecule has 0 spiro atoms. The summed E-state index contributed by atoms with van der Waals surface area (Å²) >= 11 is 3.52. The van der Waals surface area contributed by atoms with E-state index < -0.39 is 0 Å². The minimum absolute atomic E-state index is 0.0759. The summed E-state index contributed by atoms with van der Waals surface area (Å²) in [6, 6.07) is 13.3. The average Bonchev–Trinajstić information content (AvgIpc) is 2.76. The summed E-state index contributed by atoms with van der Waals surface area (Å²) < 4.78 is 10.7. The molecule has 152 valence electrons. The number of rotatable bonds is 8. The molecule has 0 amide bonds. The molecule has 2 aromatic rings. The summed E-state index contributed by atoms with van der Waals surface area (Å²) in [5, 5.41) is 2.78. The van der Waals surface area contributed by atoms with Crippen molar-refractivity contribution in [3.05, 3.63) is 64.0 Å². The zero-order valence-electron chi connectivity index (χ0n) is 17.0. The highest BCUT2D eigenvalue weighted by Crippen LogP contribution is 2.08. The minimum atomic E-state index is -0.333. The summed E-state index contributed by atoms with van der Waals surface area (Å²) in [7, 11) is 1.38. The maximum absolute atomic E-state index is 11.5. The van der Waals surface area contributed by atoms with Gasteiger partial charge in [-0.3, -0.25) is 0 Å². The molecule has 1 unspecified atom stereocenters. The van der Waals surface area contributed by atoms with Gasteiger partial charge in [0, 0.05) is 17.0 Å². The highest BCUT2D eigenvalue weighted by molar-refractivity contribution is 9.09. The SMILES string of the molecule is C=c1c(OCC(C#CCc2ccc(C(=O)OC)cc2)CBr)ccc/c1=C/CCC. The maximum Gasteiger partial charge on any atom is 0.337 e. The first-order valence-corrected chi connectivity index (χ1v) is 10.8. The Morgan fingerprint density at radius 2 is 2.00 bits per heavy atom. The van der Waals surface area contributed by atoms with Gasteiger partial charge in [-0.2, -0.15) is 0 Å². The van der Waals surface area contributed by atoms with E-state index in [-0.39, 0.29) is 11.9 Å². The number of halogens is 1. The van der Waals surface area contributed by atoms with Gasteiger partial charge in [-0.25, -0.2) is 4.79 Å². The molecule has 0 aliphatic carbocycles. The lowest BCUT2D eigenvalue weighted by Crippen LogP contribution is -2.26. The molecule has 0 heterocycles. The van der Waals surface area contributed by atoms with Gasteiger partial charge in [0.05, 0.1) is 18.6 Å². The molecule has 0 aliphatic rings. The van der Waals surface area contributed by atoms with Crippen LogP contribution in [0.15, 0.2) is 42.5 Å². The Morgan fingerprint density at radius 3 is 2.66 bits per heavy atom. The van der Waals surface area contributed by atoms with E-state index in [1.165, 1.54) is 7.11 Å². The van der Waals surface area contributed by atoms with Crippen LogP contribution < -0.4 is 15.2 Å². The number of methoxy groups -OCH3 is 1. The third-order valence-electron chi connectivity index (χ3n) is 4.42. The van der Waals surface area contributed by atoms with Crippen LogP contribution in [0.3, 0.4) is 0 Å². The number of ether oxygens (including phenoxy) is 2. The highest BCUT2D eigenvalue weighted by Gasteiger charge is 2.06. The van der Waals surface area contributed by atoms with Gasteiger partial charge in [0.1, 0.15) is 12.4 Å². The summed E-state index contributed by atoms with van der Waals surface area (Å²) in [4.78, 5) is 11.5. The van der Waals surface area contributed by atoms with Crippen LogP contribution in [0.2, 0.25) is 0 Å². The number of unbranched alkanes of at least 4 members (excludes halogenated alkanes) is 1. The zero-order valence-corrected chi connectivity index (χ0v) is 18.6. The van der Waals surface area contributed by atoms with Crippen LogP contribution in [0.25, 0.3) is 12.7 Å². The highest BCUT2D eigenvalue weighted by atomic mass is 79.9. The first-order valence-electron chi connectivity index (χ1n) is 9.71. The van der Waals surface area contributed by atoms with Crippen molar-refractivity contribution >= 4 is 34.6 Å². The van der Waals surface area contributed by atoms with Crippen LogP contribution in [0.1, 0.15) is 35.7 Å². The number of carbonyl (C=O) groups excluding carboxylic acids is 1. The van der Waals surface area contributed by atoms with Crippen LogP contribution in [0, 0.1) is 17.8 Å². The van der Waals surface area contributed by atoms with Crippen molar-refractivity contribution in [3.8, 4) is 17.6 Å². The Morgan fingerprint density at radius 1 is 1.24 bits per heavy atom. The van der Waals surface area contributed by atoms with E-state index in [2.05, 4.69) is 53.4 Å². The Balaban J connectivity index is 1.97. The summed E-state index contributed by atoms with van der Waals surface area (Å²) in [5.41, 5.74) is 1.59. The van der Waals surface area contributed by atoms with Gasteiger partial charge in [-0.15, -0.1) is 0 Å². The van der Waals surface area contributed by atoms with Crippen molar-refractivity contribution in [2.45, 2.75) is 26.2 Å². The van der Waals surface area contributed by atoms with Crippen molar-refractivity contribution in [2.24, 2.45) is 5.92 Å². The molecule has 0 aromatic heterocycles. The van der Waals surface area contributed by atoms with E-state index in [4.69, 9.17) is 9.47 Å². The van der Waals surface area contributed by atoms with Crippen molar-refractivity contribution in [1.82, 2.24) is 0 Å². The van der Waals surface area contributed by atoms with E-state index in [0.29, 0.717) is 18.6 Å². The van der Waals surface area contributed by atoms with E-state index in [1.807, 2.05) is 24.3 Å². The number of hydrogen-bond acceptors (Lipinski definition) is 3. The zero-order chi connectivity index (χ0) is 21.1. The summed E-state index contributed by atoms with van der Waals surface area (Å²) in [6.45, 7) is 6.83. The standard InChI is InChI=1S/C25H27BrO3/c1-4-5-10-22-11-7-12-24(19(22)2)29-18-21(17-26)9-6-8-20-13-15-23(16-14-20)25(27)28-3/h7,10-16,21H,2,4-5,8,17-18H2,1,3H3/b22-10-. The monoisotopic (exact) mass is 454 g/mol. The van der Waals surface area contributed by atoms with Crippen LogP contribution in [0.4, 0.5) is 0 Å². The fourth-order valence-corrected chi connectivity index (χ4v) is 3.05. The number of hydrogen-bond donors (Lipinski definition) is 0. The Bertz CT molecular complexity index is 968. The van der Waals surface area contributed by atoms with Crippen molar-refractivity contribution in [2.75, 3.05) is 19.0 Å². The normalized spacial score (nSPS) is 12.0. The molecule has 0 fully saturated rings. The third kappa shape index (κ3) is 7.11. The second kappa shape index (κ2) is 12.1. The molecule has 0 saturated heterocycles. The smallest absolute Gasteiger partial charge is 0.337 e.